The molecule has 0 saturated carbocycles. The van der Waals surface area contributed by atoms with Crippen LogP contribution in [0.2, 0.25) is 0 Å². The van der Waals surface area contributed by atoms with Crippen molar-refractivity contribution in [2.75, 3.05) is 20.6 Å². The lowest BCUT2D eigenvalue weighted by Gasteiger charge is -2.20. The van der Waals surface area contributed by atoms with E-state index in [1.165, 1.54) is 20.2 Å². The lowest BCUT2D eigenvalue weighted by molar-refractivity contribution is -0.125. The summed E-state index contributed by atoms with van der Waals surface area (Å²) in [5.74, 6) is 0.0750. The zero-order valence-corrected chi connectivity index (χ0v) is 13.0. The molecule has 0 radical (unpaired) electrons. The molecule has 0 aliphatic carbocycles. The van der Waals surface area contributed by atoms with Crippen LogP contribution in [-0.2, 0) is 21.4 Å². The van der Waals surface area contributed by atoms with Gasteiger partial charge in [-0.25, -0.2) is 12.7 Å². The van der Waals surface area contributed by atoms with Gasteiger partial charge < -0.3 is 15.5 Å². The first-order valence-electron chi connectivity index (χ1n) is 6.09. The van der Waals surface area contributed by atoms with Gasteiger partial charge in [0.25, 0.3) is 10.0 Å². The number of furan rings is 1. The monoisotopic (exact) mass is 303 g/mol. The lowest BCUT2D eigenvalue weighted by atomic mass is 9.93. The van der Waals surface area contributed by atoms with Gasteiger partial charge in [-0.1, -0.05) is 0 Å². The zero-order valence-electron chi connectivity index (χ0n) is 12.1. The van der Waals surface area contributed by atoms with Crippen LogP contribution >= 0.6 is 0 Å². The molecule has 20 heavy (non-hydrogen) atoms. The molecule has 1 rings (SSSR count). The molecule has 0 atom stereocenters. The number of amides is 1. The molecule has 0 bridgehead atoms. The summed E-state index contributed by atoms with van der Waals surface area (Å²) in [6.07, 6.45) is 0. The highest BCUT2D eigenvalue weighted by Crippen LogP contribution is 2.17. The number of sulfonamides is 1. The van der Waals surface area contributed by atoms with E-state index in [4.69, 9.17) is 10.2 Å². The van der Waals surface area contributed by atoms with E-state index in [9.17, 15) is 13.2 Å². The molecule has 3 N–H and O–H groups in total. The number of carbonyl (C=O) groups excluding carboxylic acids is 1. The van der Waals surface area contributed by atoms with Crippen molar-refractivity contribution < 1.29 is 17.6 Å². The minimum Gasteiger partial charge on any atom is -0.447 e. The number of primary amides is 1. The molecule has 0 unspecified atom stereocenters. The van der Waals surface area contributed by atoms with Gasteiger partial charge in [-0.05, 0) is 26.0 Å². The van der Waals surface area contributed by atoms with E-state index in [1.54, 1.807) is 19.9 Å². The summed E-state index contributed by atoms with van der Waals surface area (Å²) in [7, 11) is -0.687. The van der Waals surface area contributed by atoms with Gasteiger partial charge in [-0.2, -0.15) is 0 Å². The van der Waals surface area contributed by atoms with Gasteiger partial charge in [0, 0.05) is 20.6 Å². The van der Waals surface area contributed by atoms with Crippen molar-refractivity contribution in [3.63, 3.8) is 0 Å². The van der Waals surface area contributed by atoms with E-state index in [-0.39, 0.29) is 5.09 Å². The van der Waals surface area contributed by atoms with Crippen LogP contribution in [0.3, 0.4) is 0 Å². The Morgan fingerprint density at radius 3 is 2.50 bits per heavy atom. The Labute approximate surface area is 119 Å². The second kappa shape index (κ2) is 5.94. The number of hydrogen-bond acceptors (Lipinski definition) is 5. The Hall–Kier alpha value is -1.38. The number of nitrogens with two attached hydrogens (primary N) is 1. The molecule has 114 valence electrons. The molecule has 0 fully saturated rings. The largest absolute Gasteiger partial charge is 0.447 e. The molecule has 0 spiro atoms. The number of carbonyl (C=O) groups is 1. The fraction of sp³-hybridized carbons (Fsp3) is 0.583. The number of hydrogen-bond donors (Lipinski definition) is 2. The second-order valence-electron chi connectivity index (χ2n) is 5.36. The summed E-state index contributed by atoms with van der Waals surface area (Å²) < 4.78 is 30.0. The molecule has 0 saturated heterocycles. The number of nitrogens with one attached hydrogen (secondary N) is 1. The predicted octanol–water partition coefficient (Wildman–Crippen LogP) is 0.131. The van der Waals surface area contributed by atoms with E-state index < -0.39 is 21.3 Å². The van der Waals surface area contributed by atoms with Crippen LogP contribution in [0.5, 0.6) is 0 Å². The minimum absolute atomic E-state index is 0.103. The number of nitrogens with zero attached hydrogens (tertiary/aromatic N) is 1. The van der Waals surface area contributed by atoms with E-state index in [1.807, 2.05) is 0 Å². The van der Waals surface area contributed by atoms with Crippen molar-refractivity contribution in [2.45, 2.75) is 25.5 Å². The highest BCUT2D eigenvalue weighted by Gasteiger charge is 2.25. The van der Waals surface area contributed by atoms with Crippen molar-refractivity contribution in [2.24, 2.45) is 11.1 Å². The van der Waals surface area contributed by atoms with Crippen LogP contribution in [0.25, 0.3) is 0 Å². The highest BCUT2D eigenvalue weighted by atomic mass is 32.2. The van der Waals surface area contributed by atoms with Crippen LogP contribution in [0.4, 0.5) is 0 Å². The summed E-state index contributed by atoms with van der Waals surface area (Å²) in [6, 6.07) is 2.99. The molecule has 0 aliphatic heterocycles. The Kier molecular flexibility index (Phi) is 4.95. The quantitative estimate of drug-likeness (QED) is 0.745. The number of rotatable bonds is 7. The maximum Gasteiger partial charge on any atom is 0.275 e. The van der Waals surface area contributed by atoms with Crippen molar-refractivity contribution in [3.05, 3.63) is 17.9 Å². The van der Waals surface area contributed by atoms with Crippen LogP contribution in [0.15, 0.2) is 21.6 Å². The van der Waals surface area contributed by atoms with Crippen LogP contribution in [0, 0.1) is 5.41 Å². The van der Waals surface area contributed by atoms with Gasteiger partial charge >= 0.3 is 0 Å². The molecule has 1 heterocycles. The van der Waals surface area contributed by atoms with E-state index >= 15 is 0 Å². The Morgan fingerprint density at radius 1 is 1.40 bits per heavy atom. The molecule has 1 aromatic heterocycles. The average Bonchev–Trinajstić information content (AvgIpc) is 2.77. The molecule has 7 nitrogen and oxygen atoms in total. The molecule has 1 aromatic rings. The summed E-state index contributed by atoms with van der Waals surface area (Å²) in [5, 5.41) is 2.91. The third-order valence-electron chi connectivity index (χ3n) is 2.91. The molecular weight excluding hydrogens is 282 g/mol. The topological polar surface area (TPSA) is 106 Å². The Balaban J connectivity index is 2.65. The first-order valence-corrected chi connectivity index (χ1v) is 7.53. The van der Waals surface area contributed by atoms with Gasteiger partial charge in [0.15, 0.2) is 0 Å². The Bertz CT molecular complexity index is 575. The van der Waals surface area contributed by atoms with Crippen molar-refractivity contribution in [3.8, 4) is 0 Å². The van der Waals surface area contributed by atoms with Gasteiger partial charge in [0.2, 0.25) is 11.0 Å². The first-order chi connectivity index (χ1) is 9.07. The third-order valence-corrected chi connectivity index (χ3v) is 4.59. The summed E-state index contributed by atoms with van der Waals surface area (Å²) in [4.78, 5) is 11.1. The minimum atomic E-state index is -3.56. The molecule has 1 amide bonds. The molecule has 0 aliphatic rings. The maximum absolute atomic E-state index is 11.8. The molecule has 0 aromatic carbocycles. The van der Waals surface area contributed by atoms with Crippen molar-refractivity contribution in [1.29, 1.82) is 0 Å². The second-order valence-corrected chi connectivity index (χ2v) is 7.44. The summed E-state index contributed by atoms with van der Waals surface area (Å²) in [6.45, 7) is 4.15. The van der Waals surface area contributed by atoms with Crippen LogP contribution < -0.4 is 11.1 Å². The summed E-state index contributed by atoms with van der Waals surface area (Å²) >= 11 is 0. The Morgan fingerprint density at radius 2 is 2.00 bits per heavy atom. The first kappa shape index (κ1) is 16.7. The van der Waals surface area contributed by atoms with Gasteiger partial charge in [-0.15, -0.1) is 0 Å². The van der Waals surface area contributed by atoms with Gasteiger partial charge in [0.1, 0.15) is 5.76 Å². The smallest absolute Gasteiger partial charge is 0.275 e. The summed E-state index contributed by atoms with van der Waals surface area (Å²) in [5.41, 5.74) is 4.58. The van der Waals surface area contributed by atoms with Crippen LogP contribution in [0.1, 0.15) is 19.6 Å². The highest BCUT2D eigenvalue weighted by molar-refractivity contribution is 7.88. The fourth-order valence-electron chi connectivity index (χ4n) is 1.36. The predicted molar refractivity (Wildman–Crippen MR) is 74.3 cm³/mol. The van der Waals surface area contributed by atoms with Crippen molar-refractivity contribution >= 4 is 15.9 Å². The lowest BCUT2D eigenvalue weighted by Crippen LogP contribution is -2.40. The maximum atomic E-state index is 11.8. The van der Waals surface area contributed by atoms with Crippen molar-refractivity contribution in [1.82, 2.24) is 9.62 Å². The van der Waals surface area contributed by atoms with Crippen LogP contribution in [-0.4, -0.2) is 39.3 Å². The van der Waals surface area contributed by atoms with Gasteiger partial charge in [-0.3, -0.25) is 4.79 Å². The van der Waals surface area contributed by atoms with Gasteiger partial charge in [0.05, 0.1) is 12.0 Å². The zero-order chi connectivity index (χ0) is 15.6. The molecular formula is C12H21N3O4S. The SMILES string of the molecule is CN(C)S(=O)(=O)c1ccc(CNCC(C)(C)C(N)=O)o1. The third kappa shape index (κ3) is 3.81. The van der Waals surface area contributed by atoms with E-state index in [0.29, 0.717) is 18.8 Å². The normalized spacial score (nSPS) is 12.8. The standard InChI is InChI=1S/C12H21N3O4S/c1-12(2,11(13)16)8-14-7-9-5-6-10(19-9)20(17,18)15(3)4/h5-6,14H,7-8H2,1-4H3,(H2,13,16). The van der Waals surface area contributed by atoms with E-state index in [2.05, 4.69) is 5.32 Å². The fourth-order valence-corrected chi connectivity index (χ4v) is 2.17. The average molecular weight is 303 g/mol. The molecule has 8 heteroatoms. The van der Waals surface area contributed by atoms with E-state index in [0.717, 1.165) is 4.31 Å².